The molecule has 1 spiro atoms. The minimum absolute atomic E-state index is 0.0687. The third-order valence-electron chi connectivity index (χ3n) is 8.07. The number of carbonyl (C=O) groups is 1. The van der Waals surface area contributed by atoms with Crippen molar-refractivity contribution in [2.24, 2.45) is 5.41 Å². The van der Waals surface area contributed by atoms with Crippen LogP contribution in [-0.2, 0) is 6.54 Å². The molecule has 2 saturated carbocycles. The summed E-state index contributed by atoms with van der Waals surface area (Å²) >= 11 is 6.33. The highest BCUT2D eigenvalue weighted by Crippen LogP contribution is 2.53. The maximum absolute atomic E-state index is 13.8. The molecule has 1 aliphatic heterocycles. The van der Waals surface area contributed by atoms with Crippen LogP contribution in [0.5, 0.6) is 5.75 Å². The number of aromatic nitrogens is 2. The van der Waals surface area contributed by atoms with Crippen LogP contribution in [0.1, 0.15) is 67.8 Å². The summed E-state index contributed by atoms with van der Waals surface area (Å²) in [6, 6.07) is 5.77. The number of aliphatic hydroxyl groups is 1. The normalized spacial score (nSPS) is 22.5. The number of methoxy groups -OCH3 is 1. The molecule has 1 aromatic carbocycles. The van der Waals surface area contributed by atoms with Crippen LogP contribution < -0.4 is 15.0 Å². The van der Waals surface area contributed by atoms with E-state index >= 15 is 0 Å². The van der Waals surface area contributed by atoms with Gasteiger partial charge in [-0.25, -0.2) is 4.98 Å². The molecule has 0 unspecified atom stereocenters. The van der Waals surface area contributed by atoms with E-state index in [-0.39, 0.29) is 18.1 Å². The zero-order valence-electron chi connectivity index (χ0n) is 21.2. The lowest BCUT2D eigenvalue weighted by atomic mass is 9.91. The van der Waals surface area contributed by atoms with Crippen LogP contribution in [0.25, 0.3) is 0 Å². The van der Waals surface area contributed by atoms with Crippen molar-refractivity contribution < 1.29 is 14.6 Å². The maximum atomic E-state index is 13.8. The Labute approximate surface area is 218 Å². The molecule has 2 aromatic rings. The Bertz CT molecular complexity index is 1100. The van der Waals surface area contributed by atoms with E-state index in [4.69, 9.17) is 21.3 Å². The van der Waals surface area contributed by atoms with Gasteiger partial charge in [0.1, 0.15) is 17.1 Å². The molecule has 0 bridgehead atoms. The fourth-order valence-corrected chi connectivity index (χ4v) is 5.89. The lowest BCUT2D eigenvalue weighted by molar-refractivity contribution is 0.0513. The Kier molecular flexibility index (Phi) is 7.26. The number of nitrogens with one attached hydrogen (secondary N) is 1. The molecule has 1 saturated heterocycles. The van der Waals surface area contributed by atoms with Gasteiger partial charge in [0.05, 0.1) is 18.2 Å². The zero-order valence-corrected chi connectivity index (χ0v) is 21.9. The second-order valence-corrected chi connectivity index (χ2v) is 10.9. The Balaban J connectivity index is 1.40. The van der Waals surface area contributed by atoms with Gasteiger partial charge in [0, 0.05) is 38.4 Å². The summed E-state index contributed by atoms with van der Waals surface area (Å²) in [5, 5.41) is 13.9. The Morgan fingerprint density at radius 2 is 2.06 bits per heavy atom. The lowest BCUT2D eigenvalue weighted by Gasteiger charge is -2.35. The summed E-state index contributed by atoms with van der Waals surface area (Å²) in [4.78, 5) is 27.4. The number of benzene rings is 1. The number of ether oxygens (including phenoxy) is 1. The molecule has 5 rings (SSSR count). The van der Waals surface area contributed by atoms with Crippen molar-refractivity contribution in [2.75, 3.05) is 37.0 Å². The van der Waals surface area contributed by atoms with E-state index in [1.807, 2.05) is 30.0 Å². The minimum Gasteiger partial charge on any atom is -0.495 e. The lowest BCUT2D eigenvalue weighted by Crippen LogP contribution is -2.43. The van der Waals surface area contributed by atoms with E-state index < -0.39 is 0 Å². The number of anilines is 2. The molecule has 1 aromatic heterocycles. The molecule has 1 amide bonds. The van der Waals surface area contributed by atoms with E-state index in [1.54, 1.807) is 13.3 Å². The number of aliphatic hydroxyl groups excluding tert-OH is 1. The van der Waals surface area contributed by atoms with Crippen molar-refractivity contribution >= 4 is 29.3 Å². The summed E-state index contributed by atoms with van der Waals surface area (Å²) in [5.41, 5.74) is 1.90. The molecule has 2 aliphatic carbocycles. The highest BCUT2D eigenvalue weighted by Gasteiger charge is 2.48. The maximum Gasteiger partial charge on any atom is 0.259 e. The van der Waals surface area contributed by atoms with E-state index in [2.05, 4.69) is 15.2 Å². The van der Waals surface area contributed by atoms with Crippen molar-refractivity contribution in [3.63, 3.8) is 0 Å². The molecule has 194 valence electrons. The smallest absolute Gasteiger partial charge is 0.259 e. The van der Waals surface area contributed by atoms with Gasteiger partial charge in [-0.3, -0.25) is 4.79 Å². The number of halogens is 1. The Hall–Kier alpha value is -2.58. The number of hydrogen-bond donors (Lipinski definition) is 2. The Morgan fingerprint density at radius 3 is 2.69 bits per heavy atom. The number of hydrogen-bond acceptors (Lipinski definition) is 7. The molecule has 0 radical (unpaired) electrons. The molecule has 2 N–H and O–H groups in total. The standard InChI is InChI=1S/C27H36ClN5O3/c1-3-33(19-5-7-20(34)8-6-19)25(35)21-16-30-26(32-13-12-27(17-32)10-11-27)31-24(21)29-15-18-4-9-23(36-2)22(28)14-18/h4,9,14,16,19-20,34H,3,5-8,10-13,15,17H2,1-2H3,(H,29,30,31). The van der Waals surface area contributed by atoms with Crippen LogP contribution in [0.15, 0.2) is 24.4 Å². The van der Waals surface area contributed by atoms with Gasteiger partial charge in [0.25, 0.3) is 5.91 Å². The Morgan fingerprint density at radius 1 is 1.28 bits per heavy atom. The van der Waals surface area contributed by atoms with Crippen LogP contribution in [0, 0.1) is 5.41 Å². The zero-order chi connectivity index (χ0) is 25.3. The van der Waals surface area contributed by atoms with Crippen LogP contribution in [0.4, 0.5) is 11.8 Å². The van der Waals surface area contributed by atoms with Gasteiger partial charge in [-0.2, -0.15) is 4.98 Å². The van der Waals surface area contributed by atoms with Gasteiger partial charge in [-0.15, -0.1) is 0 Å². The van der Waals surface area contributed by atoms with E-state index in [0.717, 1.165) is 44.3 Å². The average Bonchev–Trinajstić information content (AvgIpc) is 3.52. The van der Waals surface area contributed by atoms with Gasteiger partial charge in [-0.1, -0.05) is 17.7 Å². The molecule has 3 aliphatic rings. The van der Waals surface area contributed by atoms with Crippen LogP contribution >= 0.6 is 11.6 Å². The first-order valence-electron chi connectivity index (χ1n) is 13.1. The second kappa shape index (κ2) is 10.4. The van der Waals surface area contributed by atoms with Gasteiger partial charge >= 0.3 is 0 Å². The van der Waals surface area contributed by atoms with Crippen LogP contribution in [0.3, 0.4) is 0 Å². The molecule has 0 atom stereocenters. The topological polar surface area (TPSA) is 90.8 Å². The van der Waals surface area contributed by atoms with Gasteiger partial charge in [0.2, 0.25) is 5.95 Å². The molecule has 8 nitrogen and oxygen atoms in total. The van der Waals surface area contributed by atoms with Gasteiger partial charge in [0.15, 0.2) is 0 Å². The third-order valence-corrected chi connectivity index (χ3v) is 8.36. The number of amides is 1. The first-order chi connectivity index (χ1) is 17.4. The SMILES string of the molecule is CCN(C(=O)c1cnc(N2CCC3(CC3)C2)nc1NCc1ccc(OC)c(Cl)c1)C1CCC(O)CC1. The van der Waals surface area contributed by atoms with E-state index in [9.17, 15) is 9.90 Å². The number of nitrogens with zero attached hydrogens (tertiary/aromatic N) is 4. The first kappa shape index (κ1) is 25.1. The summed E-state index contributed by atoms with van der Waals surface area (Å²) < 4.78 is 5.27. The molecule has 2 heterocycles. The molecular formula is C27H36ClN5O3. The van der Waals surface area contributed by atoms with Crippen molar-refractivity contribution in [1.29, 1.82) is 0 Å². The predicted molar refractivity (Wildman–Crippen MR) is 141 cm³/mol. The first-order valence-corrected chi connectivity index (χ1v) is 13.5. The van der Waals surface area contributed by atoms with Gasteiger partial charge in [-0.05, 0) is 75.0 Å². The molecule has 36 heavy (non-hydrogen) atoms. The number of carbonyl (C=O) groups excluding carboxylic acids is 1. The van der Waals surface area contributed by atoms with Crippen molar-refractivity contribution in [2.45, 2.75) is 70.6 Å². The van der Waals surface area contributed by atoms with Crippen LogP contribution in [0.2, 0.25) is 5.02 Å². The molecule has 3 fully saturated rings. The fourth-order valence-electron chi connectivity index (χ4n) is 5.60. The van der Waals surface area contributed by atoms with Crippen molar-refractivity contribution in [3.8, 4) is 5.75 Å². The molecule has 9 heteroatoms. The summed E-state index contributed by atoms with van der Waals surface area (Å²) in [7, 11) is 1.59. The summed E-state index contributed by atoms with van der Waals surface area (Å²) in [6.07, 6.45) is 8.24. The summed E-state index contributed by atoms with van der Waals surface area (Å²) in [6.45, 7) is 5.01. The minimum atomic E-state index is -0.263. The predicted octanol–water partition coefficient (Wildman–Crippen LogP) is 4.51. The molecular weight excluding hydrogens is 478 g/mol. The fraction of sp³-hybridized carbons (Fsp3) is 0.593. The van der Waals surface area contributed by atoms with E-state index in [0.29, 0.717) is 46.6 Å². The highest BCUT2D eigenvalue weighted by molar-refractivity contribution is 6.32. The van der Waals surface area contributed by atoms with Crippen LogP contribution in [-0.4, -0.2) is 64.8 Å². The summed E-state index contributed by atoms with van der Waals surface area (Å²) in [5.74, 6) is 1.78. The number of rotatable bonds is 8. The quantitative estimate of drug-likeness (QED) is 0.536. The van der Waals surface area contributed by atoms with Crippen molar-refractivity contribution in [3.05, 3.63) is 40.5 Å². The third kappa shape index (κ3) is 5.25. The average molecular weight is 514 g/mol. The largest absolute Gasteiger partial charge is 0.495 e. The monoisotopic (exact) mass is 513 g/mol. The highest BCUT2D eigenvalue weighted by atomic mass is 35.5. The van der Waals surface area contributed by atoms with Gasteiger partial charge < -0.3 is 25.0 Å². The van der Waals surface area contributed by atoms with Crippen molar-refractivity contribution in [1.82, 2.24) is 14.9 Å². The second-order valence-electron chi connectivity index (χ2n) is 10.5. The van der Waals surface area contributed by atoms with E-state index in [1.165, 1.54) is 19.3 Å².